The largest absolute Gasteiger partial charge is 0.423 e. The Bertz CT molecular complexity index is 620. The number of carbonyl (C=O) groups excluding carboxylic acids is 1. The Hall–Kier alpha value is -2.37. The van der Waals surface area contributed by atoms with Crippen molar-refractivity contribution >= 4 is 5.97 Å². The minimum absolute atomic E-state index is 0.355. The van der Waals surface area contributed by atoms with Gasteiger partial charge in [-0.3, -0.25) is 0 Å². The molecule has 0 saturated carbocycles. The normalized spacial score (nSPS) is 10.3. The molecule has 0 aliphatic heterocycles. The van der Waals surface area contributed by atoms with Gasteiger partial charge in [0, 0.05) is 6.07 Å². The molecule has 2 aromatic carbocycles. The molecule has 2 nitrogen and oxygen atoms in total. The minimum atomic E-state index is -1.33. The Morgan fingerprint density at radius 3 is 2.05 bits per heavy atom. The van der Waals surface area contributed by atoms with Crippen LogP contribution in [0.1, 0.15) is 10.4 Å². The van der Waals surface area contributed by atoms with Gasteiger partial charge in [-0.05, 0) is 24.3 Å². The number of esters is 1. The third-order valence-corrected chi connectivity index (χ3v) is 2.27. The molecule has 0 spiro atoms. The summed E-state index contributed by atoms with van der Waals surface area (Å²) in [7, 11) is 0. The highest BCUT2D eigenvalue weighted by atomic mass is 19.2. The Morgan fingerprint density at radius 2 is 1.47 bits per heavy atom. The summed E-state index contributed by atoms with van der Waals surface area (Å²) < 4.78 is 56.6. The smallest absolute Gasteiger partial charge is 0.349 e. The summed E-state index contributed by atoms with van der Waals surface area (Å²) in [5.74, 6) is -6.26. The molecule has 0 saturated heterocycles. The van der Waals surface area contributed by atoms with Crippen molar-refractivity contribution in [1.82, 2.24) is 0 Å². The van der Waals surface area contributed by atoms with Crippen molar-refractivity contribution in [1.29, 1.82) is 0 Å². The van der Waals surface area contributed by atoms with Gasteiger partial charge in [0.25, 0.3) is 0 Å². The molecule has 0 N–H and O–H groups in total. The first-order valence-electron chi connectivity index (χ1n) is 5.10. The topological polar surface area (TPSA) is 26.3 Å². The molecule has 0 atom stereocenters. The second-order valence-corrected chi connectivity index (χ2v) is 3.56. The van der Waals surface area contributed by atoms with E-state index in [0.717, 1.165) is 30.3 Å². The molecule has 19 heavy (non-hydrogen) atoms. The maximum atomic E-state index is 13.3. The van der Waals surface area contributed by atoms with E-state index in [1.165, 1.54) is 0 Å². The molecule has 0 aromatic heterocycles. The van der Waals surface area contributed by atoms with Gasteiger partial charge in [-0.1, -0.05) is 6.07 Å². The standard InChI is InChI=1S/C13H6F4O2/c14-8-5-4-7(6-11(8)17)19-13(18)12-9(15)2-1-3-10(12)16/h1-6H. The average molecular weight is 270 g/mol. The maximum Gasteiger partial charge on any atom is 0.349 e. The average Bonchev–Trinajstić information content (AvgIpc) is 2.33. The van der Waals surface area contributed by atoms with E-state index < -0.39 is 34.8 Å². The van der Waals surface area contributed by atoms with Crippen molar-refractivity contribution in [2.24, 2.45) is 0 Å². The van der Waals surface area contributed by atoms with Gasteiger partial charge in [-0.25, -0.2) is 22.4 Å². The first-order chi connectivity index (χ1) is 8.99. The van der Waals surface area contributed by atoms with E-state index >= 15 is 0 Å². The van der Waals surface area contributed by atoms with Gasteiger partial charge in [0.1, 0.15) is 22.9 Å². The first kappa shape index (κ1) is 13.1. The van der Waals surface area contributed by atoms with Gasteiger partial charge < -0.3 is 4.74 Å². The van der Waals surface area contributed by atoms with Gasteiger partial charge in [0.2, 0.25) is 0 Å². The summed E-state index contributed by atoms with van der Waals surface area (Å²) in [5, 5.41) is 0. The number of ether oxygens (including phenoxy) is 1. The highest BCUT2D eigenvalue weighted by Gasteiger charge is 2.19. The molecule has 0 aliphatic rings. The third-order valence-electron chi connectivity index (χ3n) is 2.27. The molecule has 0 unspecified atom stereocenters. The fourth-order valence-corrected chi connectivity index (χ4v) is 1.39. The summed E-state index contributed by atoms with van der Waals surface area (Å²) in [6.07, 6.45) is 0. The summed E-state index contributed by atoms with van der Waals surface area (Å²) in [5.41, 5.74) is -0.896. The van der Waals surface area contributed by atoms with E-state index in [1.807, 2.05) is 0 Å². The molecule has 0 bridgehead atoms. The number of halogens is 4. The van der Waals surface area contributed by atoms with Crippen molar-refractivity contribution in [3.8, 4) is 5.75 Å². The van der Waals surface area contributed by atoms with E-state index in [-0.39, 0.29) is 5.75 Å². The number of carbonyl (C=O) groups is 1. The van der Waals surface area contributed by atoms with Crippen LogP contribution in [0.2, 0.25) is 0 Å². The van der Waals surface area contributed by atoms with Gasteiger partial charge in [0.15, 0.2) is 11.6 Å². The van der Waals surface area contributed by atoms with Crippen LogP contribution in [0.25, 0.3) is 0 Å². The second-order valence-electron chi connectivity index (χ2n) is 3.56. The highest BCUT2D eigenvalue weighted by molar-refractivity contribution is 5.91. The Labute approximate surface area is 105 Å². The van der Waals surface area contributed by atoms with E-state index in [9.17, 15) is 22.4 Å². The fraction of sp³-hybridized carbons (Fsp3) is 0. The van der Waals surface area contributed by atoms with Crippen molar-refractivity contribution in [2.45, 2.75) is 0 Å². The molecular weight excluding hydrogens is 264 g/mol. The molecule has 0 amide bonds. The molecule has 2 aromatic rings. The maximum absolute atomic E-state index is 13.3. The van der Waals surface area contributed by atoms with Crippen LogP contribution < -0.4 is 4.74 Å². The lowest BCUT2D eigenvalue weighted by Crippen LogP contribution is -2.13. The number of hydrogen-bond donors (Lipinski definition) is 0. The quantitative estimate of drug-likeness (QED) is 0.474. The summed E-state index contributed by atoms with van der Waals surface area (Å²) in [4.78, 5) is 11.5. The third kappa shape index (κ3) is 2.73. The minimum Gasteiger partial charge on any atom is -0.423 e. The Kier molecular flexibility index (Phi) is 3.50. The van der Waals surface area contributed by atoms with Crippen LogP contribution >= 0.6 is 0 Å². The second kappa shape index (κ2) is 5.09. The Balaban J connectivity index is 2.28. The van der Waals surface area contributed by atoms with Gasteiger partial charge in [-0.15, -0.1) is 0 Å². The number of hydrogen-bond acceptors (Lipinski definition) is 2. The summed E-state index contributed by atoms with van der Waals surface area (Å²) in [6.45, 7) is 0. The zero-order chi connectivity index (χ0) is 14.0. The lowest BCUT2D eigenvalue weighted by Gasteiger charge is -2.06. The molecular formula is C13H6F4O2. The van der Waals surface area contributed by atoms with Gasteiger partial charge in [0.05, 0.1) is 0 Å². The van der Waals surface area contributed by atoms with Crippen LogP contribution in [0.4, 0.5) is 17.6 Å². The van der Waals surface area contributed by atoms with E-state index in [1.54, 1.807) is 0 Å². The van der Waals surface area contributed by atoms with E-state index in [2.05, 4.69) is 4.74 Å². The molecule has 98 valence electrons. The van der Waals surface area contributed by atoms with Crippen molar-refractivity contribution in [3.05, 3.63) is 65.2 Å². The fourth-order valence-electron chi connectivity index (χ4n) is 1.39. The summed E-state index contributed by atoms with van der Waals surface area (Å²) in [6, 6.07) is 5.14. The predicted molar refractivity (Wildman–Crippen MR) is 57.7 cm³/mol. The highest BCUT2D eigenvalue weighted by Crippen LogP contribution is 2.19. The lowest BCUT2D eigenvalue weighted by molar-refractivity contribution is 0.0724. The van der Waals surface area contributed by atoms with Crippen molar-refractivity contribution in [3.63, 3.8) is 0 Å². The van der Waals surface area contributed by atoms with Crippen molar-refractivity contribution in [2.75, 3.05) is 0 Å². The SMILES string of the molecule is O=C(Oc1ccc(F)c(F)c1)c1c(F)cccc1F. The number of rotatable bonds is 2. The number of benzene rings is 2. The predicted octanol–water partition coefficient (Wildman–Crippen LogP) is 3.46. The van der Waals surface area contributed by atoms with Gasteiger partial charge in [-0.2, -0.15) is 0 Å². The molecule has 2 rings (SSSR count). The van der Waals surface area contributed by atoms with E-state index in [0.29, 0.717) is 6.07 Å². The lowest BCUT2D eigenvalue weighted by atomic mass is 10.2. The molecule has 0 aliphatic carbocycles. The van der Waals surface area contributed by atoms with Crippen LogP contribution in [0.3, 0.4) is 0 Å². The zero-order valence-electron chi connectivity index (χ0n) is 9.29. The first-order valence-corrected chi connectivity index (χ1v) is 5.10. The van der Waals surface area contributed by atoms with Crippen LogP contribution in [-0.2, 0) is 0 Å². The van der Waals surface area contributed by atoms with Gasteiger partial charge >= 0.3 is 5.97 Å². The van der Waals surface area contributed by atoms with E-state index in [4.69, 9.17) is 0 Å². The Morgan fingerprint density at radius 1 is 0.842 bits per heavy atom. The van der Waals surface area contributed by atoms with Crippen LogP contribution in [0, 0.1) is 23.3 Å². The monoisotopic (exact) mass is 270 g/mol. The van der Waals surface area contributed by atoms with Crippen LogP contribution in [0.15, 0.2) is 36.4 Å². The molecule has 6 heteroatoms. The molecule has 0 radical (unpaired) electrons. The zero-order valence-corrected chi connectivity index (χ0v) is 9.29. The summed E-state index contributed by atoms with van der Waals surface area (Å²) >= 11 is 0. The van der Waals surface area contributed by atoms with Crippen LogP contribution in [-0.4, -0.2) is 5.97 Å². The van der Waals surface area contributed by atoms with Crippen LogP contribution in [0.5, 0.6) is 5.75 Å². The molecule has 0 fully saturated rings. The van der Waals surface area contributed by atoms with Crippen molar-refractivity contribution < 1.29 is 27.1 Å². The molecule has 0 heterocycles.